The van der Waals surface area contributed by atoms with Gasteiger partial charge in [-0.1, -0.05) is 11.8 Å². The number of nitrogens with one attached hydrogen (secondary N) is 1. The van der Waals surface area contributed by atoms with Crippen LogP contribution in [0.25, 0.3) is 0 Å². The summed E-state index contributed by atoms with van der Waals surface area (Å²) in [4.78, 5) is 14.9. The number of halogens is 2. The van der Waals surface area contributed by atoms with Gasteiger partial charge in [-0.15, -0.1) is 0 Å². The zero-order chi connectivity index (χ0) is 15.6. The Hall–Kier alpha value is -1.14. The van der Waals surface area contributed by atoms with Crippen molar-refractivity contribution in [2.75, 3.05) is 26.2 Å². The van der Waals surface area contributed by atoms with Crippen LogP contribution in [0.4, 0.5) is 8.78 Å². The van der Waals surface area contributed by atoms with E-state index >= 15 is 0 Å². The van der Waals surface area contributed by atoms with E-state index < -0.39 is 5.76 Å². The van der Waals surface area contributed by atoms with Gasteiger partial charge in [0.1, 0.15) is 0 Å². The Bertz CT molecular complexity index is 519. The molecule has 0 unspecified atom stereocenters. The summed E-state index contributed by atoms with van der Waals surface area (Å²) >= 11 is 0.502. The van der Waals surface area contributed by atoms with Crippen molar-refractivity contribution in [1.29, 1.82) is 0 Å². The normalized spacial score (nSPS) is 20.8. The van der Waals surface area contributed by atoms with E-state index in [1.165, 1.54) is 6.42 Å². The summed E-state index contributed by atoms with van der Waals surface area (Å²) in [5, 5.41) is 3.41. The van der Waals surface area contributed by atoms with Crippen LogP contribution in [0.5, 0.6) is 0 Å². The fourth-order valence-corrected chi connectivity index (χ4v) is 3.87. The zero-order valence-electron chi connectivity index (χ0n) is 12.4. The van der Waals surface area contributed by atoms with Crippen LogP contribution < -0.4 is 5.32 Å². The molecule has 0 radical (unpaired) electrons. The number of piperidine rings is 1. The Morgan fingerprint density at radius 2 is 1.86 bits per heavy atom. The molecule has 1 aromatic rings. The predicted octanol–water partition coefficient (Wildman–Crippen LogP) is 3.22. The lowest BCUT2D eigenvalue weighted by atomic mass is 9.78. The Morgan fingerprint density at radius 3 is 2.41 bits per heavy atom. The van der Waals surface area contributed by atoms with Crippen molar-refractivity contribution in [3.63, 3.8) is 0 Å². The second-order valence-corrected chi connectivity index (χ2v) is 7.19. The van der Waals surface area contributed by atoms with Gasteiger partial charge in [-0.05, 0) is 55.5 Å². The van der Waals surface area contributed by atoms with E-state index in [1.807, 2.05) is 4.90 Å². The highest BCUT2D eigenvalue weighted by atomic mass is 32.2. The van der Waals surface area contributed by atoms with Crippen LogP contribution in [0.1, 0.15) is 29.6 Å². The minimum Gasteiger partial charge on any atom is -0.339 e. The van der Waals surface area contributed by atoms with Crippen molar-refractivity contribution < 1.29 is 13.6 Å². The van der Waals surface area contributed by atoms with Crippen molar-refractivity contribution in [3.8, 4) is 0 Å². The molecule has 0 atom stereocenters. The molecule has 3 rings (SSSR count). The van der Waals surface area contributed by atoms with E-state index in [4.69, 9.17) is 0 Å². The summed E-state index contributed by atoms with van der Waals surface area (Å²) in [5.74, 6) is -2.42. The molecule has 120 valence electrons. The van der Waals surface area contributed by atoms with Gasteiger partial charge in [-0.2, -0.15) is 8.78 Å². The summed E-state index contributed by atoms with van der Waals surface area (Å²) in [7, 11) is 0. The van der Waals surface area contributed by atoms with E-state index in [-0.39, 0.29) is 5.91 Å². The van der Waals surface area contributed by atoms with Crippen LogP contribution in [0.15, 0.2) is 29.2 Å². The number of thioether (sulfide) groups is 1. The first-order valence-electron chi connectivity index (χ1n) is 7.63. The molecule has 6 heteroatoms. The molecule has 2 fully saturated rings. The van der Waals surface area contributed by atoms with Crippen LogP contribution in [-0.2, 0) is 0 Å². The van der Waals surface area contributed by atoms with Crippen LogP contribution >= 0.6 is 11.8 Å². The lowest BCUT2D eigenvalue weighted by molar-refractivity contribution is 0.0607. The Morgan fingerprint density at radius 1 is 1.18 bits per heavy atom. The number of amides is 1. The smallest absolute Gasteiger partial charge is 0.288 e. The summed E-state index contributed by atoms with van der Waals surface area (Å²) < 4.78 is 24.6. The molecule has 1 aromatic carbocycles. The van der Waals surface area contributed by atoms with Crippen LogP contribution in [-0.4, -0.2) is 42.7 Å². The molecule has 22 heavy (non-hydrogen) atoms. The van der Waals surface area contributed by atoms with E-state index in [1.54, 1.807) is 24.3 Å². The van der Waals surface area contributed by atoms with Gasteiger partial charge in [0, 0.05) is 30.1 Å². The highest BCUT2D eigenvalue weighted by Crippen LogP contribution is 2.37. The van der Waals surface area contributed by atoms with Gasteiger partial charge in [0.05, 0.1) is 0 Å². The number of likely N-dealkylation sites (tertiary alicyclic amines) is 1. The number of carbonyl (C=O) groups is 1. The minimum absolute atomic E-state index is 0.00871. The van der Waals surface area contributed by atoms with Crippen molar-refractivity contribution in [3.05, 3.63) is 29.8 Å². The second kappa shape index (κ2) is 6.54. The lowest BCUT2D eigenvalue weighted by Gasteiger charge is -2.38. The predicted molar refractivity (Wildman–Crippen MR) is 83.4 cm³/mol. The first-order valence-corrected chi connectivity index (χ1v) is 8.51. The van der Waals surface area contributed by atoms with Crippen molar-refractivity contribution in [2.45, 2.75) is 29.9 Å². The molecule has 0 saturated carbocycles. The molecule has 2 aliphatic heterocycles. The first-order chi connectivity index (χ1) is 10.6. The molecular formula is C16H20F2N2OS. The summed E-state index contributed by atoms with van der Waals surface area (Å²) in [6.07, 6.45) is 3.30. The molecule has 0 aliphatic carbocycles. The number of nitrogens with zero attached hydrogens (tertiary/aromatic N) is 1. The second-order valence-electron chi connectivity index (χ2n) is 6.12. The number of hydrogen-bond acceptors (Lipinski definition) is 3. The zero-order valence-corrected chi connectivity index (χ0v) is 13.2. The van der Waals surface area contributed by atoms with Crippen molar-refractivity contribution >= 4 is 17.7 Å². The van der Waals surface area contributed by atoms with Crippen LogP contribution in [0.3, 0.4) is 0 Å². The maximum Gasteiger partial charge on any atom is 0.288 e. The molecule has 3 nitrogen and oxygen atoms in total. The molecule has 2 aliphatic rings. The standard InChI is InChI=1S/C16H20F2N2OS/c17-15(18)22-13-3-1-12(2-4-13)14(21)20-9-6-16(7-10-20)5-8-19-11-16/h1-4,15,19H,5-11H2. The Labute approximate surface area is 133 Å². The quantitative estimate of drug-likeness (QED) is 0.866. The number of alkyl halides is 2. The number of rotatable bonds is 3. The van der Waals surface area contributed by atoms with Gasteiger partial charge in [0.25, 0.3) is 11.7 Å². The number of carbonyl (C=O) groups excluding carboxylic acids is 1. The van der Waals surface area contributed by atoms with Crippen LogP contribution in [0.2, 0.25) is 0 Å². The third-order valence-corrected chi connectivity index (χ3v) is 5.49. The van der Waals surface area contributed by atoms with E-state index in [0.717, 1.165) is 39.0 Å². The van der Waals surface area contributed by atoms with Gasteiger partial charge in [-0.25, -0.2) is 0 Å². The Balaban J connectivity index is 1.60. The van der Waals surface area contributed by atoms with Crippen molar-refractivity contribution in [2.24, 2.45) is 5.41 Å². The van der Waals surface area contributed by atoms with E-state index in [2.05, 4.69) is 5.32 Å². The molecule has 1 spiro atoms. The fraction of sp³-hybridized carbons (Fsp3) is 0.562. The SMILES string of the molecule is O=C(c1ccc(SC(F)F)cc1)N1CCC2(CCNC2)CC1. The monoisotopic (exact) mass is 326 g/mol. The van der Waals surface area contributed by atoms with Gasteiger partial charge in [0.15, 0.2) is 0 Å². The topological polar surface area (TPSA) is 32.3 Å². The third kappa shape index (κ3) is 3.43. The van der Waals surface area contributed by atoms with Gasteiger partial charge in [0.2, 0.25) is 0 Å². The summed E-state index contributed by atoms with van der Waals surface area (Å²) in [6.45, 7) is 3.72. The minimum atomic E-state index is -2.43. The highest BCUT2D eigenvalue weighted by molar-refractivity contribution is 7.99. The van der Waals surface area contributed by atoms with Gasteiger partial charge >= 0.3 is 0 Å². The van der Waals surface area contributed by atoms with Gasteiger partial charge in [-0.3, -0.25) is 4.79 Å². The van der Waals surface area contributed by atoms with Crippen LogP contribution in [0, 0.1) is 5.41 Å². The third-order valence-electron chi connectivity index (χ3n) is 4.77. The Kier molecular flexibility index (Phi) is 4.68. The average Bonchev–Trinajstić information content (AvgIpc) is 2.96. The highest BCUT2D eigenvalue weighted by Gasteiger charge is 2.38. The maximum absolute atomic E-state index is 12.5. The molecule has 0 aromatic heterocycles. The lowest BCUT2D eigenvalue weighted by Crippen LogP contribution is -2.44. The number of hydrogen-bond donors (Lipinski definition) is 1. The van der Waals surface area contributed by atoms with E-state index in [0.29, 0.717) is 27.6 Å². The fourth-order valence-electron chi connectivity index (χ4n) is 3.37. The average molecular weight is 326 g/mol. The largest absolute Gasteiger partial charge is 0.339 e. The van der Waals surface area contributed by atoms with Gasteiger partial charge < -0.3 is 10.2 Å². The van der Waals surface area contributed by atoms with Crippen molar-refractivity contribution in [1.82, 2.24) is 10.2 Å². The molecular weight excluding hydrogens is 306 g/mol. The summed E-state index contributed by atoms with van der Waals surface area (Å²) in [6, 6.07) is 6.48. The maximum atomic E-state index is 12.5. The molecule has 2 saturated heterocycles. The molecule has 0 bridgehead atoms. The van der Waals surface area contributed by atoms with E-state index in [9.17, 15) is 13.6 Å². The number of benzene rings is 1. The molecule has 1 amide bonds. The summed E-state index contributed by atoms with van der Waals surface area (Å²) in [5.41, 5.74) is 0.966. The first kappa shape index (κ1) is 15.7. The molecule has 1 N–H and O–H groups in total. The molecule has 2 heterocycles.